The van der Waals surface area contributed by atoms with Crippen LogP contribution in [0.2, 0.25) is 0 Å². The van der Waals surface area contributed by atoms with Crippen LogP contribution in [0.5, 0.6) is 0 Å². The number of fused-ring (bicyclic) bond motifs is 1. The number of hydrogen-bond donors (Lipinski definition) is 3. The summed E-state index contributed by atoms with van der Waals surface area (Å²) in [6, 6.07) is 11.2. The van der Waals surface area contributed by atoms with E-state index in [2.05, 4.69) is 15.5 Å². The number of anilines is 1. The minimum Gasteiger partial charge on any atom is -0.368 e. The number of para-hydroxylation sites is 1. The van der Waals surface area contributed by atoms with Gasteiger partial charge in [0.25, 0.3) is 11.6 Å². The van der Waals surface area contributed by atoms with E-state index < -0.39 is 10.8 Å². The van der Waals surface area contributed by atoms with Crippen molar-refractivity contribution >= 4 is 34.1 Å². The van der Waals surface area contributed by atoms with Crippen LogP contribution in [0.25, 0.3) is 10.9 Å². The first-order valence-electron chi connectivity index (χ1n) is 9.49. The summed E-state index contributed by atoms with van der Waals surface area (Å²) in [6.45, 7) is 1.22. The third-order valence-electron chi connectivity index (χ3n) is 5.30. The summed E-state index contributed by atoms with van der Waals surface area (Å²) in [6.07, 6.45) is 1.61. The van der Waals surface area contributed by atoms with E-state index in [9.17, 15) is 19.7 Å². The fourth-order valence-electron chi connectivity index (χ4n) is 3.81. The van der Waals surface area contributed by atoms with Crippen molar-refractivity contribution in [3.8, 4) is 0 Å². The Morgan fingerprint density at radius 3 is 2.87 bits per heavy atom. The third-order valence-corrected chi connectivity index (χ3v) is 5.30. The molecule has 4 N–H and O–H groups in total. The number of nitro groups is 1. The van der Waals surface area contributed by atoms with Crippen LogP contribution in [-0.2, 0) is 11.3 Å². The molecule has 30 heavy (non-hydrogen) atoms. The molecule has 0 radical (unpaired) electrons. The molecule has 1 unspecified atom stereocenters. The number of carbonyl (C=O) groups is 2. The second-order valence-electron chi connectivity index (χ2n) is 7.20. The maximum absolute atomic E-state index is 12.9. The van der Waals surface area contributed by atoms with E-state index >= 15 is 0 Å². The molecular formula is C20H20N6O4. The molecule has 1 aliphatic heterocycles. The van der Waals surface area contributed by atoms with Crippen molar-refractivity contribution in [2.75, 3.05) is 11.9 Å². The number of benzene rings is 2. The molecule has 0 saturated carbocycles. The van der Waals surface area contributed by atoms with E-state index in [4.69, 9.17) is 5.73 Å². The maximum atomic E-state index is 12.9. The zero-order valence-electron chi connectivity index (χ0n) is 16.0. The van der Waals surface area contributed by atoms with Crippen LogP contribution in [0.3, 0.4) is 0 Å². The van der Waals surface area contributed by atoms with Crippen LogP contribution in [0.4, 0.5) is 11.4 Å². The van der Waals surface area contributed by atoms with Crippen LogP contribution in [0.15, 0.2) is 42.5 Å². The van der Waals surface area contributed by atoms with Crippen LogP contribution < -0.4 is 11.1 Å². The van der Waals surface area contributed by atoms with Gasteiger partial charge in [0.2, 0.25) is 5.91 Å². The largest absolute Gasteiger partial charge is 0.368 e. The predicted octanol–water partition coefficient (Wildman–Crippen LogP) is 2.17. The molecule has 0 aliphatic carbocycles. The number of rotatable bonds is 6. The summed E-state index contributed by atoms with van der Waals surface area (Å²) in [5, 5.41) is 21.0. The van der Waals surface area contributed by atoms with E-state index in [1.54, 1.807) is 12.1 Å². The van der Waals surface area contributed by atoms with Gasteiger partial charge >= 0.3 is 0 Å². The first-order chi connectivity index (χ1) is 14.4. The molecule has 1 aromatic heterocycles. The lowest BCUT2D eigenvalue weighted by atomic mass is 10.1. The first-order valence-corrected chi connectivity index (χ1v) is 9.49. The van der Waals surface area contributed by atoms with Gasteiger partial charge < -0.3 is 11.1 Å². The summed E-state index contributed by atoms with van der Waals surface area (Å²) >= 11 is 0. The molecule has 2 aromatic carbocycles. The van der Waals surface area contributed by atoms with Crippen LogP contribution >= 0.6 is 0 Å². The Kier molecular flexibility index (Phi) is 5.15. The summed E-state index contributed by atoms with van der Waals surface area (Å²) in [5.41, 5.74) is 7.40. The van der Waals surface area contributed by atoms with Crippen molar-refractivity contribution < 1.29 is 14.5 Å². The number of nitrogens with zero attached hydrogens (tertiary/aromatic N) is 3. The lowest BCUT2D eigenvalue weighted by Gasteiger charge is -2.23. The topological polar surface area (TPSA) is 147 Å². The molecular weight excluding hydrogens is 388 g/mol. The molecule has 0 spiro atoms. The van der Waals surface area contributed by atoms with Crippen molar-refractivity contribution in [3.63, 3.8) is 0 Å². The molecule has 1 fully saturated rings. The molecule has 3 aromatic rings. The Morgan fingerprint density at radius 2 is 2.10 bits per heavy atom. The molecule has 1 aliphatic rings. The van der Waals surface area contributed by atoms with Gasteiger partial charge in [-0.2, -0.15) is 5.10 Å². The van der Waals surface area contributed by atoms with E-state index in [-0.39, 0.29) is 23.3 Å². The zero-order valence-corrected chi connectivity index (χ0v) is 16.0. The number of nitrogens with one attached hydrogen (secondary N) is 2. The highest BCUT2D eigenvalue weighted by Crippen LogP contribution is 2.26. The van der Waals surface area contributed by atoms with Gasteiger partial charge in [-0.05, 0) is 37.1 Å². The zero-order chi connectivity index (χ0) is 21.3. The fourth-order valence-corrected chi connectivity index (χ4v) is 3.81. The Morgan fingerprint density at radius 1 is 1.30 bits per heavy atom. The minimum atomic E-state index is -0.519. The van der Waals surface area contributed by atoms with Crippen LogP contribution in [0.1, 0.15) is 28.9 Å². The molecule has 2 heterocycles. The highest BCUT2D eigenvalue weighted by molar-refractivity contribution is 6.11. The molecule has 2 amide bonds. The van der Waals surface area contributed by atoms with Gasteiger partial charge in [0, 0.05) is 29.8 Å². The van der Waals surface area contributed by atoms with Gasteiger partial charge in [0.1, 0.15) is 0 Å². The fraction of sp³-hybridized carbons (Fsp3) is 0.250. The minimum absolute atomic E-state index is 0.0692. The standard InChI is InChI=1S/C20H20N6O4/c21-19(27)17-6-3-9-25(17)11-12-4-1-2-5-15(12)22-20(28)18-14-10-13(26(29)30)7-8-16(14)23-24-18/h1-2,4-5,7-8,10,17H,3,6,9,11H2,(H2,21,27)(H,22,28)(H,23,24). The predicted molar refractivity (Wildman–Crippen MR) is 110 cm³/mol. The van der Waals surface area contributed by atoms with Gasteiger partial charge in [0.05, 0.1) is 16.5 Å². The van der Waals surface area contributed by atoms with E-state index in [0.717, 1.165) is 24.9 Å². The molecule has 154 valence electrons. The van der Waals surface area contributed by atoms with Crippen LogP contribution in [-0.4, -0.2) is 44.4 Å². The normalized spacial score (nSPS) is 16.6. The number of carbonyl (C=O) groups excluding carboxylic acids is 2. The van der Waals surface area contributed by atoms with Crippen LogP contribution in [0, 0.1) is 10.1 Å². The lowest BCUT2D eigenvalue weighted by Crippen LogP contribution is -2.39. The van der Waals surface area contributed by atoms with Gasteiger partial charge in [-0.1, -0.05) is 18.2 Å². The highest BCUT2D eigenvalue weighted by atomic mass is 16.6. The number of hydrogen-bond acceptors (Lipinski definition) is 6. The van der Waals surface area contributed by atoms with Gasteiger partial charge in [-0.25, -0.2) is 0 Å². The number of non-ortho nitro benzene ring substituents is 1. The lowest BCUT2D eigenvalue weighted by molar-refractivity contribution is -0.384. The maximum Gasteiger partial charge on any atom is 0.276 e. The number of amides is 2. The number of H-pyrrole nitrogens is 1. The monoisotopic (exact) mass is 408 g/mol. The quantitative estimate of drug-likeness (QED) is 0.421. The first kappa shape index (κ1) is 19.5. The molecule has 10 heteroatoms. The Balaban J connectivity index is 1.59. The number of aromatic nitrogens is 2. The van der Waals surface area contributed by atoms with Crippen molar-refractivity contribution in [2.24, 2.45) is 5.73 Å². The molecule has 4 rings (SSSR count). The Bertz CT molecular complexity index is 1140. The molecule has 1 atom stereocenters. The van der Waals surface area contributed by atoms with E-state index in [0.29, 0.717) is 23.1 Å². The summed E-state index contributed by atoms with van der Waals surface area (Å²) in [5.74, 6) is -0.833. The van der Waals surface area contributed by atoms with Crippen molar-refractivity contribution in [2.45, 2.75) is 25.4 Å². The number of nitrogens with two attached hydrogens (primary N) is 1. The van der Waals surface area contributed by atoms with Crippen molar-refractivity contribution in [3.05, 3.63) is 63.8 Å². The summed E-state index contributed by atoms with van der Waals surface area (Å²) < 4.78 is 0. The molecule has 1 saturated heterocycles. The van der Waals surface area contributed by atoms with E-state index in [1.165, 1.54) is 18.2 Å². The van der Waals surface area contributed by atoms with Gasteiger partial charge in [0.15, 0.2) is 5.69 Å². The number of primary amides is 1. The average molecular weight is 408 g/mol. The number of likely N-dealkylation sites (tertiary alicyclic amines) is 1. The molecule has 10 nitrogen and oxygen atoms in total. The second kappa shape index (κ2) is 7.91. The number of aromatic amines is 1. The van der Waals surface area contributed by atoms with Crippen molar-refractivity contribution in [1.29, 1.82) is 0 Å². The van der Waals surface area contributed by atoms with Crippen molar-refractivity contribution in [1.82, 2.24) is 15.1 Å². The van der Waals surface area contributed by atoms with Gasteiger partial charge in [-0.15, -0.1) is 0 Å². The van der Waals surface area contributed by atoms with Gasteiger partial charge in [-0.3, -0.25) is 29.7 Å². The summed E-state index contributed by atoms with van der Waals surface area (Å²) in [7, 11) is 0. The summed E-state index contributed by atoms with van der Waals surface area (Å²) in [4.78, 5) is 37.1. The Labute approximate surface area is 171 Å². The Hall–Kier alpha value is -3.79. The number of nitro benzene ring substituents is 1. The smallest absolute Gasteiger partial charge is 0.276 e. The SMILES string of the molecule is NC(=O)C1CCCN1Cc1ccccc1NC(=O)c1n[nH]c2ccc([N+](=O)[O-])cc12. The molecule has 0 bridgehead atoms. The highest BCUT2D eigenvalue weighted by Gasteiger charge is 2.29. The third kappa shape index (κ3) is 3.72. The second-order valence-corrected chi connectivity index (χ2v) is 7.20. The van der Waals surface area contributed by atoms with E-state index in [1.807, 2.05) is 17.0 Å². The average Bonchev–Trinajstić information content (AvgIpc) is 3.35.